The monoisotopic (exact) mass is 247 g/mol. The van der Waals surface area contributed by atoms with Crippen molar-refractivity contribution in [3.05, 3.63) is 0 Å². The van der Waals surface area contributed by atoms with Crippen LogP contribution in [-0.4, -0.2) is 7.05 Å². The first-order chi connectivity index (χ1) is 3.98. The van der Waals surface area contributed by atoms with Gasteiger partial charge in [0.15, 0.2) is 29.3 Å². The van der Waals surface area contributed by atoms with Crippen molar-refractivity contribution in [3.8, 4) is 0 Å². The van der Waals surface area contributed by atoms with E-state index in [-0.39, 0.29) is 0 Å². The van der Waals surface area contributed by atoms with Gasteiger partial charge >= 0.3 is 6.27 Å². The molecule has 56 valence electrons. The van der Waals surface area contributed by atoms with Gasteiger partial charge in [-0.25, -0.2) is 0 Å². The smallest absolute Gasteiger partial charge is 0.150 e. The van der Waals surface area contributed by atoms with Crippen LogP contribution >= 0.6 is 58.0 Å². The van der Waals surface area contributed by atoms with Crippen LogP contribution in [0.25, 0.3) is 0 Å². The molecule has 0 saturated carbocycles. The third-order valence-electron chi connectivity index (χ3n) is 0.482. The average Bonchev–Trinajstić information content (AvgIpc) is 1.63. The summed E-state index contributed by atoms with van der Waals surface area (Å²) in [5, 5.41) is 2.65. The van der Waals surface area contributed by atoms with Gasteiger partial charge in [0, 0.05) is 7.05 Å². The predicted octanol–water partition coefficient (Wildman–Crippen LogP) is 3.66. The van der Waals surface area contributed by atoms with Gasteiger partial charge in [-0.15, -0.1) is 5.09 Å². The summed E-state index contributed by atoms with van der Waals surface area (Å²) < 4.78 is 0. The maximum absolute atomic E-state index is 5.62. The molecule has 0 aromatic rings. The second-order valence-corrected chi connectivity index (χ2v) is 9.92. The maximum Gasteiger partial charge on any atom is 0.355 e. The SMILES string of the molecule is CN[P+](Cl)(Cl)NP(Cl)Cl. The molecule has 0 rings (SSSR count). The van der Waals surface area contributed by atoms with Crippen LogP contribution in [0.1, 0.15) is 0 Å². The molecule has 2 N–H and O–H groups in total. The van der Waals surface area contributed by atoms with Gasteiger partial charge in [0.25, 0.3) is 0 Å². The summed E-state index contributed by atoms with van der Waals surface area (Å²) in [6, 6.07) is 0. The van der Waals surface area contributed by atoms with Gasteiger partial charge in [0.1, 0.15) is 0 Å². The highest BCUT2D eigenvalue weighted by Gasteiger charge is 2.35. The fourth-order valence-corrected chi connectivity index (χ4v) is 6.10. The van der Waals surface area contributed by atoms with Gasteiger partial charge in [-0.05, 0) is 0 Å². The molecule has 0 unspecified atom stereocenters. The molecule has 0 spiro atoms. The number of rotatable bonds is 3. The Bertz CT molecular complexity index is 86.6. The van der Waals surface area contributed by atoms with E-state index in [1.165, 1.54) is 0 Å². The molecule has 0 aromatic carbocycles. The molecular formula is CH5Cl4N2P2+. The molecule has 0 aromatic heterocycles. The normalized spacial score (nSPS) is 12.7. The van der Waals surface area contributed by atoms with Crippen LogP contribution in [0.15, 0.2) is 0 Å². The van der Waals surface area contributed by atoms with Crippen molar-refractivity contribution in [2.24, 2.45) is 0 Å². The van der Waals surface area contributed by atoms with Gasteiger partial charge in [0.2, 0.25) is 0 Å². The van der Waals surface area contributed by atoms with Crippen LogP contribution in [0, 0.1) is 0 Å². The minimum absolute atomic E-state index is 1.28. The first kappa shape index (κ1) is 10.9. The number of halogens is 4. The van der Waals surface area contributed by atoms with Crippen LogP contribution in [0.3, 0.4) is 0 Å². The summed E-state index contributed by atoms with van der Waals surface area (Å²) in [5.41, 5.74) is 0. The van der Waals surface area contributed by atoms with E-state index in [9.17, 15) is 0 Å². The molecule has 0 atom stereocenters. The molecule has 0 bridgehead atoms. The van der Waals surface area contributed by atoms with E-state index in [0.717, 1.165) is 0 Å². The molecule has 0 amide bonds. The van der Waals surface area contributed by atoms with Gasteiger partial charge in [-0.3, -0.25) is 0 Å². The molecule has 2 nitrogen and oxygen atoms in total. The zero-order chi connectivity index (χ0) is 7.49. The number of nitrogens with one attached hydrogen (secondary N) is 2. The van der Waals surface area contributed by atoms with Crippen LogP contribution < -0.4 is 9.95 Å². The number of hydrogen-bond acceptors (Lipinski definition) is 2. The number of hydrogen-bond donors (Lipinski definition) is 2. The Hall–Kier alpha value is 1.94. The Morgan fingerprint density at radius 1 is 1.33 bits per heavy atom. The Morgan fingerprint density at radius 2 is 1.78 bits per heavy atom. The first-order valence-corrected chi connectivity index (χ1v) is 8.60. The fraction of sp³-hybridized carbons (Fsp3) is 1.00. The van der Waals surface area contributed by atoms with Crippen molar-refractivity contribution in [2.45, 2.75) is 0 Å². The van der Waals surface area contributed by atoms with E-state index in [2.05, 4.69) is 9.95 Å². The fourth-order valence-electron chi connectivity index (χ4n) is 0.145. The average molecular weight is 249 g/mol. The van der Waals surface area contributed by atoms with E-state index in [1.54, 1.807) is 7.05 Å². The van der Waals surface area contributed by atoms with Crippen molar-refractivity contribution in [2.75, 3.05) is 7.05 Å². The van der Waals surface area contributed by atoms with E-state index < -0.39 is 13.0 Å². The lowest BCUT2D eigenvalue weighted by Gasteiger charge is -2.07. The Kier molecular flexibility index (Phi) is 5.77. The molecular weight excluding hydrogens is 244 g/mol. The summed E-state index contributed by atoms with van der Waals surface area (Å²) in [6.45, 7) is -1.28. The maximum atomic E-state index is 5.62. The molecule has 0 heterocycles. The lowest BCUT2D eigenvalue weighted by Crippen LogP contribution is -2.09. The zero-order valence-corrected chi connectivity index (χ0v) is 9.22. The Morgan fingerprint density at radius 3 is 1.89 bits per heavy atom. The van der Waals surface area contributed by atoms with Gasteiger partial charge < -0.3 is 0 Å². The molecule has 0 aliphatic carbocycles. The largest absolute Gasteiger partial charge is 0.355 e. The molecule has 0 aliphatic heterocycles. The molecule has 8 heteroatoms. The molecule has 0 radical (unpaired) electrons. The molecule has 9 heavy (non-hydrogen) atoms. The lowest BCUT2D eigenvalue weighted by atomic mass is 11.6. The molecule has 0 saturated heterocycles. The van der Waals surface area contributed by atoms with Crippen molar-refractivity contribution < 1.29 is 0 Å². The van der Waals surface area contributed by atoms with E-state index >= 15 is 0 Å². The first-order valence-electron chi connectivity index (χ1n) is 1.85. The van der Waals surface area contributed by atoms with Crippen LogP contribution in [-0.2, 0) is 0 Å². The third kappa shape index (κ3) is 6.34. The second kappa shape index (κ2) is 4.74. The highest BCUT2D eigenvalue weighted by molar-refractivity contribution is 8.21. The van der Waals surface area contributed by atoms with Crippen LogP contribution in [0.4, 0.5) is 0 Å². The lowest BCUT2D eigenvalue weighted by molar-refractivity contribution is 1.25. The van der Waals surface area contributed by atoms with Gasteiger partial charge in [0.05, 0.1) is 0 Å². The van der Waals surface area contributed by atoms with Crippen LogP contribution in [0.5, 0.6) is 0 Å². The van der Waals surface area contributed by atoms with E-state index in [0.29, 0.717) is 0 Å². The van der Waals surface area contributed by atoms with Gasteiger partial charge in [-0.2, -0.15) is 0 Å². The highest BCUT2D eigenvalue weighted by Crippen LogP contribution is 2.67. The summed E-state index contributed by atoms with van der Waals surface area (Å²) in [5.74, 6) is 0. The van der Waals surface area contributed by atoms with Crippen molar-refractivity contribution in [1.82, 2.24) is 9.95 Å². The van der Waals surface area contributed by atoms with E-state index in [4.69, 9.17) is 45.0 Å². The topological polar surface area (TPSA) is 24.1 Å². The van der Waals surface area contributed by atoms with Crippen LogP contribution in [0.2, 0.25) is 0 Å². The summed E-state index contributed by atoms with van der Waals surface area (Å²) in [7, 11) is 1.63. The quantitative estimate of drug-likeness (QED) is 0.745. The minimum Gasteiger partial charge on any atom is -0.150 e. The van der Waals surface area contributed by atoms with Gasteiger partial charge in [-0.1, -0.05) is 27.3 Å². The molecule has 0 fully saturated rings. The standard InChI is InChI=1S/CH5Cl4N2P2/c1-6-9(4,5)7-8(2)3/h6-7H,1H3/q+1. The summed E-state index contributed by atoms with van der Waals surface area (Å²) in [6.07, 6.45) is -2.27. The minimum atomic E-state index is -2.27. The highest BCUT2D eigenvalue weighted by atomic mass is 35.9. The predicted molar refractivity (Wildman–Crippen MR) is 49.4 cm³/mol. The van der Waals surface area contributed by atoms with Crippen molar-refractivity contribution in [1.29, 1.82) is 0 Å². The zero-order valence-electron chi connectivity index (χ0n) is 4.41. The second-order valence-electron chi connectivity index (χ2n) is 1.07. The molecule has 0 aliphatic rings. The summed E-state index contributed by atoms with van der Waals surface area (Å²) >= 11 is 22.0. The third-order valence-corrected chi connectivity index (χ3v) is 6.39. The van der Waals surface area contributed by atoms with E-state index in [1.807, 2.05) is 0 Å². The summed E-state index contributed by atoms with van der Waals surface area (Å²) in [4.78, 5) is 2.60. The Balaban J connectivity index is 3.58. The van der Waals surface area contributed by atoms with Crippen molar-refractivity contribution >= 4 is 58.0 Å². The Labute approximate surface area is 75.0 Å². The van der Waals surface area contributed by atoms with Crippen molar-refractivity contribution in [3.63, 3.8) is 0 Å².